The van der Waals surface area contributed by atoms with Gasteiger partial charge < -0.3 is 19.7 Å². The minimum Gasteiger partial charge on any atom is -0.494 e. The standard InChI is InChI=1S/C19H27N5O2.HI/c1-4-25-17-8-6-5-7-15(17)11-21-19(20-2)24-9-10-26-18(14-24)16-12-22-23(3)13-16;/h5-8,12-13,18H,4,9-11,14H2,1-3H3,(H,20,21);1H. The average Bonchev–Trinajstić information content (AvgIpc) is 3.10. The zero-order valence-electron chi connectivity index (χ0n) is 16.1. The molecule has 148 valence electrons. The maximum atomic E-state index is 5.92. The molecule has 1 N–H and O–H groups in total. The molecule has 0 aliphatic carbocycles. The molecule has 1 aromatic carbocycles. The van der Waals surface area contributed by atoms with Crippen LogP contribution >= 0.6 is 24.0 Å². The third kappa shape index (κ3) is 5.58. The van der Waals surface area contributed by atoms with E-state index in [1.165, 1.54) is 0 Å². The Kier molecular flexibility index (Phi) is 8.36. The Labute approximate surface area is 177 Å². The number of aryl methyl sites for hydroxylation is 1. The first-order valence-electron chi connectivity index (χ1n) is 8.97. The fraction of sp³-hybridized carbons (Fsp3) is 0.474. The molecule has 1 atom stereocenters. The first-order chi connectivity index (χ1) is 12.7. The van der Waals surface area contributed by atoms with E-state index in [4.69, 9.17) is 9.47 Å². The Morgan fingerprint density at radius 2 is 2.22 bits per heavy atom. The van der Waals surface area contributed by atoms with E-state index in [1.54, 1.807) is 4.68 Å². The quantitative estimate of drug-likeness (QED) is 0.401. The average molecular weight is 485 g/mol. The summed E-state index contributed by atoms with van der Waals surface area (Å²) in [6.45, 7) is 5.53. The maximum absolute atomic E-state index is 5.92. The van der Waals surface area contributed by atoms with Crippen molar-refractivity contribution in [2.45, 2.75) is 19.6 Å². The molecule has 1 saturated heterocycles. The number of aliphatic imine (C=N–C) groups is 1. The molecule has 0 spiro atoms. The van der Waals surface area contributed by atoms with E-state index in [0.29, 0.717) is 19.8 Å². The highest BCUT2D eigenvalue weighted by atomic mass is 127. The Morgan fingerprint density at radius 3 is 2.93 bits per heavy atom. The molecule has 27 heavy (non-hydrogen) atoms. The highest BCUT2D eigenvalue weighted by Crippen LogP contribution is 2.22. The van der Waals surface area contributed by atoms with Crippen molar-refractivity contribution < 1.29 is 9.47 Å². The number of para-hydroxylation sites is 1. The number of guanidine groups is 1. The SMILES string of the molecule is CCOc1ccccc1CNC(=NC)N1CCOC(c2cnn(C)c2)C1.I. The summed E-state index contributed by atoms with van der Waals surface area (Å²) in [6, 6.07) is 8.08. The van der Waals surface area contributed by atoms with Gasteiger partial charge in [0.15, 0.2) is 5.96 Å². The maximum Gasteiger partial charge on any atom is 0.194 e. The minimum atomic E-state index is 0. The molecule has 0 bridgehead atoms. The van der Waals surface area contributed by atoms with E-state index < -0.39 is 0 Å². The van der Waals surface area contributed by atoms with Gasteiger partial charge in [0, 0.05) is 44.5 Å². The van der Waals surface area contributed by atoms with Gasteiger partial charge in [-0.15, -0.1) is 24.0 Å². The molecular formula is C19H28IN5O2. The Balaban J connectivity index is 0.00000261. The largest absolute Gasteiger partial charge is 0.494 e. The summed E-state index contributed by atoms with van der Waals surface area (Å²) in [5.74, 6) is 1.78. The van der Waals surface area contributed by atoms with Crippen LogP contribution in [0.5, 0.6) is 5.75 Å². The first kappa shape index (κ1) is 21.5. The third-order valence-corrected chi connectivity index (χ3v) is 4.38. The van der Waals surface area contributed by atoms with Crippen LogP contribution in [0.2, 0.25) is 0 Å². The van der Waals surface area contributed by atoms with Crippen LogP contribution in [0.1, 0.15) is 24.2 Å². The normalized spacial score (nSPS) is 17.4. The molecule has 8 heteroatoms. The van der Waals surface area contributed by atoms with E-state index in [9.17, 15) is 0 Å². The lowest BCUT2D eigenvalue weighted by Gasteiger charge is -2.34. The molecule has 1 aliphatic rings. The lowest BCUT2D eigenvalue weighted by atomic mass is 10.1. The third-order valence-electron chi connectivity index (χ3n) is 4.38. The predicted molar refractivity (Wildman–Crippen MR) is 117 cm³/mol. The van der Waals surface area contributed by atoms with Crippen molar-refractivity contribution in [3.8, 4) is 5.75 Å². The Morgan fingerprint density at radius 1 is 1.41 bits per heavy atom. The van der Waals surface area contributed by atoms with Gasteiger partial charge in [-0.25, -0.2) is 0 Å². The zero-order valence-corrected chi connectivity index (χ0v) is 18.4. The molecule has 1 aliphatic heterocycles. The van der Waals surface area contributed by atoms with Crippen molar-refractivity contribution in [2.75, 3.05) is 33.4 Å². The van der Waals surface area contributed by atoms with Crippen molar-refractivity contribution in [2.24, 2.45) is 12.0 Å². The van der Waals surface area contributed by atoms with Crippen LogP contribution in [0.3, 0.4) is 0 Å². The second-order valence-corrected chi connectivity index (χ2v) is 6.19. The number of nitrogens with one attached hydrogen (secondary N) is 1. The molecule has 2 aromatic rings. The lowest BCUT2D eigenvalue weighted by Crippen LogP contribution is -2.47. The summed E-state index contributed by atoms with van der Waals surface area (Å²) in [7, 11) is 3.73. The topological polar surface area (TPSA) is 63.9 Å². The highest BCUT2D eigenvalue weighted by molar-refractivity contribution is 14.0. The summed E-state index contributed by atoms with van der Waals surface area (Å²) in [6.07, 6.45) is 3.87. The van der Waals surface area contributed by atoms with Crippen molar-refractivity contribution in [1.29, 1.82) is 0 Å². The van der Waals surface area contributed by atoms with Crippen molar-refractivity contribution in [3.63, 3.8) is 0 Å². The number of hydrogen-bond donors (Lipinski definition) is 1. The monoisotopic (exact) mass is 485 g/mol. The van der Waals surface area contributed by atoms with Crippen LogP contribution in [0, 0.1) is 0 Å². The number of nitrogens with zero attached hydrogens (tertiary/aromatic N) is 4. The van der Waals surface area contributed by atoms with Gasteiger partial charge >= 0.3 is 0 Å². The molecule has 3 rings (SSSR count). The number of ether oxygens (including phenoxy) is 2. The highest BCUT2D eigenvalue weighted by Gasteiger charge is 2.25. The molecule has 2 heterocycles. The fourth-order valence-corrected chi connectivity index (χ4v) is 3.10. The number of halogens is 1. The van der Waals surface area contributed by atoms with Crippen molar-refractivity contribution in [3.05, 3.63) is 47.8 Å². The van der Waals surface area contributed by atoms with Crippen molar-refractivity contribution in [1.82, 2.24) is 20.0 Å². The van der Waals surface area contributed by atoms with Gasteiger partial charge in [-0.05, 0) is 13.0 Å². The molecule has 0 saturated carbocycles. The van der Waals surface area contributed by atoms with E-state index in [0.717, 1.165) is 35.9 Å². The molecule has 0 radical (unpaired) electrons. The number of benzene rings is 1. The molecular weight excluding hydrogens is 457 g/mol. The van der Waals surface area contributed by atoms with Gasteiger partial charge in [-0.2, -0.15) is 5.10 Å². The van der Waals surface area contributed by atoms with Crippen LogP contribution < -0.4 is 10.1 Å². The van der Waals surface area contributed by atoms with Crippen LogP contribution in [-0.4, -0.2) is 54.0 Å². The summed E-state index contributed by atoms with van der Waals surface area (Å²) in [5.41, 5.74) is 2.21. The van der Waals surface area contributed by atoms with E-state index >= 15 is 0 Å². The van der Waals surface area contributed by atoms with E-state index in [2.05, 4.69) is 26.4 Å². The van der Waals surface area contributed by atoms with Crippen LogP contribution in [0.25, 0.3) is 0 Å². The molecule has 0 amide bonds. The summed E-state index contributed by atoms with van der Waals surface area (Å²) < 4.78 is 13.4. The van der Waals surface area contributed by atoms with Crippen LogP contribution in [0.15, 0.2) is 41.7 Å². The summed E-state index contributed by atoms with van der Waals surface area (Å²) in [5, 5.41) is 7.69. The van der Waals surface area contributed by atoms with Crippen LogP contribution in [0.4, 0.5) is 0 Å². The minimum absolute atomic E-state index is 0. The zero-order chi connectivity index (χ0) is 18.4. The Hall–Kier alpha value is -1.81. The second kappa shape index (κ2) is 10.5. The molecule has 1 unspecified atom stereocenters. The first-order valence-corrected chi connectivity index (χ1v) is 8.97. The predicted octanol–water partition coefficient (Wildman–Crippen LogP) is 2.59. The van der Waals surface area contributed by atoms with Crippen molar-refractivity contribution >= 4 is 29.9 Å². The number of rotatable bonds is 5. The van der Waals surface area contributed by atoms with Gasteiger partial charge in [0.1, 0.15) is 11.9 Å². The van der Waals surface area contributed by atoms with Gasteiger partial charge in [0.2, 0.25) is 0 Å². The number of aromatic nitrogens is 2. The summed E-state index contributed by atoms with van der Waals surface area (Å²) in [4.78, 5) is 6.68. The van der Waals surface area contributed by atoms with E-state index in [1.807, 2.05) is 51.6 Å². The number of hydrogen-bond acceptors (Lipinski definition) is 4. The van der Waals surface area contributed by atoms with E-state index in [-0.39, 0.29) is 30.1 Å². The fourth-order valence-electron chi connectivity index (χ4n) is 3.10. The van der Waals surface area contributed by atoms with Gasteiger partial charge in [-0.1, -0.05) is 18.2 Å². The van der Waals surface area contributed by atoms with Gasteiger partial charge in [0.05, 0.1) is 26.0 Å². The van der Waals surface area contributed by atoms with Crippen LogP contribution in [-0.2, 0) is 18.3 Å². The van der Waals surface area contributed by atoms with Gasteiger partial charge in [-0.3, -0.25) is 9.67 Å². The number of morpholine rings is 1. The molecule has 1 aromatic heterocycles. The smallest absolute Gasteiger partial charge is 0.194 e. The molecule has 1 fully saturated rings. The summed E-state index contributed by atoms with van der Waals surface area (Å²) >= 11 is 0. The lowest BCUT2D eigenvalue weighted by molar-refractivity contribution is -0.00805. The van der Waals surface area contributed by atoms with Gasteiger partial charge in [0.25, 0.3) is 0 Å². The Bertz CT molecular complexity index is 749. The molecule has 7 nitrogen and oxygen atoms in total. The second-order valence-electron chi connectivity index (χ2n) is 6.19.